The molecule has 34 heavy (non-hydrogen) atoms. The fraction of sp³-hybridized carbons (Fsp3) is 0.462. The van der Waals surface area contributed by atoms with Gasteiger partial charge in [0.1, 0.15) is 6.04 Å². The summed E-state index contributed by atoms with van der Waals surface area (Å²) in [5, 5.41) is 2.92. The van der Waals surface area contributed by atoms with Crippen LogP contribution >= 0.6 is 0 Å². The van der Waals surface area contributed by atoms with E-state index in [-0.39, 0.29) is 35.7 Å². The smallest absolute Gasteiger partial charge is 0.243 e. The van der Waals surface area contributed by atoms with Gasteiger partial charge in [-0.2, -0.15) is 0 Å². The normalized spacial score (nSPS) is 12.6. The highest BCUT2D eigenvalue weighted by atomic mass is 32.2. The van der Waals surface area contributed by atoms with E-state index < -0.39 is 16.1 Å². The number of carbonyl (C=O) groups is 2. The summed E-state index contributed by atoms with van der Waals surface area (Å²) < 4.78 is 26.8. The van der Waals surface area contributed by atoms with Crippen LogP contribution in [0.15, 0.2) is 59.5 Å². The summed E-state index contributed by atoms with van der Waals surface area (Å²) in [7, 11) is -2.10. The van der Waals surface area contributed by atoms with Crippen LogP contribution in [0.5, 0.6) is 0 Å². The van der Waals surface area contributed by atoms with Crippen molar-refractivity contribution >= 4 is 21.8 Å². The molecule has 2 amide bonds. The van der Waals surface area contributed by atoms with Crippen LogP contribution in [0.25, 0.3) is 0 Å². The number of carbonyl (C=O) groups excluding carboxylic acids is 2. The van der Waals surface area contributed by atoms with Crippen LogP contribution in [0.2, 0.25) is 0 Å². The minimum absolute atomic E-state index is 0.0335. The van der Waals surface area contributed by atoms with Crippen LogP contribution in [0, 0.1) is 6.92 Å². The summed E-state index contributed by atoms with van der Waals surface area (Å²) in [6.07, 6.45) is 0.984. The highest BCUT2D eigenvalue weighted by molar-refractivity contribution is 7.89. The minimum Gasteiger partial charge on any atom is -0.352 e. The van der Waals surface area contributed by atoms with E-state index >= 15 is 0 Å². The van der Waals surface area contributed by atoms with Gasteiger partial charge in [0.25, 0.3) is 0 Å². The Morgan fingerprint density at radius 2 is 1.62 bits per heavy atom. The molecule has 1 atom stereocenters. The molecule has 186 valence electrons. The number of sulfonamides is 1. The zero-order chi connectivity index (χ0) is 25.3. The molecule has 8 heteroatoms. The van der Waals surface area contributed by atoms with Gasteiger partial charge in [0.05, 0.1) is 4.90 Å². The quantitative estimate of drug-likeness (QED) is 0.494. The van der Waals surface area contributed by atoms with E-state index in [0.29, 0.717) is 19.4 Å². The van der Waals surface area contributed by atoms with Crippen molar-refractivity contribution in [1.29, 1.82) is 0 Å². The van der Waals surface area contributed by atoms with Crippen LogP contribution in [0.1, 0.15) is 51.2 Å². The van der Waals surface area contributed by atoms with Crippen LogP contribution in [0.4, 0.5) is 0 Å². The molecule has 0 aromatic heterocycles. The number of amides is 2. The van der Waals surface area contributed by atoms with Gasteiger partial charge in [0.15, 0.2) is 0 Å². The van der Waals surface area contributed by atoms with Crippen molar-refractivity contribution in [2.45, 2.75) is 70.5 Å². The lowest BCUT2D eigenvalue weighted by Crippen LogP contribution is -2.50. The molecule has 0 saturated carbocycles. The molecule has 2 aromatic rings. The van der Waals surface area contributed by atoms with Crippen molar-refractivity contribution in [2.75, 3.05) is 13.6 Å². The molecule has 0 saturated heterocycles. The highest BCUT2D eigenvalue weighted by Gasteiger charge is 2.29. The molecule has 1 N–H and O–H groups in total. The molecule has 0 unspecified atom stereocenters. The van der Waals surface area contributed by atoms with Crippen molar-refractivity contribution < 1.29 is 18.0 Å². The third kappa shape index (κ3) is 7.40. The molecular weight excluding hydrogens is 450 g/mol. The molecule has 0 bridgehead atoms. The van der Waals surface area contributed by atoms with Crippen molar-refractivity contribution in [3.63, 3.8) is 0 Å². The van der Waals surface area contributed by atoms with Crippen LogP contribution in [-0.2, 0) is 26.2 Å². The van der Waals surface area contributed by atoms with Crippen LogP contribution < -0.4 is 5.32 Å². The number of hydrogen-bond donors (Lipinski definition) is 1. The summed E-state index contributed by atoms with van der Waals surface area (Å²) >= 11 is 0. The predicted molar refractivity (Wildman–Crippen MR) is 135 cm³/mol. The van der Waals surface area contributed by atoms with Crippen molar-refractivity contribution in [2.24, 2.45) is 0 Å². The average molecular weight is 488 g/mol. The monoisotopic (exact) mass is 487 g/mol. The number of nitrogens with zero attached hydrogens (tertiary/aromatic N) is 2. The second-order valence-corrected chi connectivity index (χ2v) is 10.8. The molecule has 0 fully saturated rings. The van der Waals surface area contributed by atoms with Gasteiger partial charge in [-0.05, 0) is 56.9 Å². The Hall–Kier alpha value is -2.71. The Morgan fingerprint density at radius 3 is 2.21 bits per heavy atom. The predicted octanol–water partition coefficient (Wildman–Crippen LogP) is 3.73. The molecule has 0 aliphatic rings. The molecule has 0 aliphatic heterocycles. The second kappa shape index (κ2) is 12.7. The first-order valence-electron chi connectivity index (χ1n) is 11.7. The average Bonchev–Trinajstić information content (AvgIpc) is 2.80. The van der Waals surface area contributed by atoms with Gasteiger partial charge in [-0.1, -0.05) is 49.4 Å². The van der Waals surface area contributed by atoms with Crippen molar-refractivity contribution in [1.82, 2.24) is 14.5 Å². The third-order valence-electron chi connectivity index (χ3n) is 5.73. The number of aryl methyl sites for hydroxylation is 1. The van der Waals surface area contributed by atoms with E-state index in [1.54, 1.807) is 35.2 Å². The number of nitrogens with one attached hydrogen (secondary N) is 1. The van der Waals surface area contributed by atoms with Crippen molar-refractivity contribution in [3.8, 4) is 0 Å². The lowest BCUT2D eigenvalue weighted by atomic mass is 10.0. The summed E-state index contributed by atoms with van der Waals surface area (Å²) in [5.41, 5.74) is 2.03. The minimum atomic E-state index is -3.61. The van der Waals surface area contributed by atoms with Gasteiger partial charge >= 0.3 is 0 Å². The lowest BCUT2D eigenvalue weighted by Gasteiger charge is -2.32. The van der Waals surface area contributed by atoms with Crippen molar-refractivity contribution in [3.05, 3.63) is 65.7 Å². The standard InChI is InChI=1S/C26H37N3O4S/c1-6-24(26(31)27-20(2)3)29(19-22-14-11-10-13-21(22)4)25(30)17-12-18-28(5)34(32,33)23-15-8-7-9-16-23/h7-11,13-16,20,24H,6,12,17-19H2,1-5H3,(H,27,31)/t24-/m0/s1. The van der Waals surface area contributed by atoms with Gasteiger partial charge in [-0.15, -0.1) is 0 Å². The maximum Gasteiger partial charge on any atom is 0.243 e. The van der Waals surface area contributed by atoms with E-state index in [9.17, 15) is 18.0 Å². The number of hydrogen-bond acceptors (Lipinski definition) is 4. The van der Waals surface area contributed by atoms with E-state index in [1.165, 1.54) is 11.4 Å². The molecule has 7 nitrogen and oxygen atoms in total. The topological polar surface area (TPSA) is 86.8 Å². The molecule has 0 heterocycles. The Morgan fingerprint density at radius 1 is 1.00 bits per heavy atom. The third-order valence-corrected chi connectivity index (χ3v) is 7.60. The van der Waals surface area contributed by atoms with Crippen LogP contribution in [0.3, 0.4) is 0 Å². The number of benzene rings is 2. The fourth-order valence-electron chi connectivity index (χ4n) is 3.76. The summed E-state index contributed by atoms with van der Waals surface area (Å²) in [5.74, 6) is -0.345. The van der Waals surface area contributed by atoms with Crippen LogP contribution in [-0.4, -0.2) is 55.1 Å². The molecule has 0 aliphatic carbocycles. The maximum absolute atomic E-state index is 13.3. The van der Waals surface area contributed by atoms with E-state index in [0.717, 1.165) is 11.1 Å². The number of rotatable bonds is 12. The maximum atomic E-state index is 13.3. The summed E-state index contributed by atoms with van der Waals surface area (Å²) in [6, 6.07) is 15.4. The van der Waals surface area contributed by atoms with Gasteiger partial charge in [0.2, 0.25) is 21.8 Å². The zero-order valence-electron chi connectivity index (χ0n) is 20.8. The van der Waals surface area contributed by atoms with Gasteiger partial charge in [-0.3, -0.25) is 9.59 Å². The first kappa shape index (κ1) is 27.5. The zero-order valence-corrected chi connectivity index (χ0v) is 21.6. The Bertz CT molecular complexity index is 1050. The molecule has 0 radical (unpaired) electrons. The molecule has 0 spiro atoms. The molecule has 2 aromatic carbocycles. The van der Waals surface area contributed by atoms with Gasteiger partial charge in [-0.25, -0.2) is 12.7 Å². The largest absolute Gasteiger partial charge is 0.352 e. The SMILES string of the molecule is CC[C@@H](C(=O)NC(C)C)N(Cc1ccccc1C)C(=O)CCCN(C)S(=O)(=O)c1ccccc1. The molecule has 2 rings (SSSR count). The fourth-order valence-corrected chi connectivity index (χ4v) is 4.99. The van der Waals surface area contributed by atoms with E-state index in [1.807, 2.05) is 52.0 Å². The Labute approximate surface area is 204 Å². The second-order valence-electron chi connectivity index (χ2n) is 8.78. The Balaban J connectivity index is 2.14. The van der Waals surface area contributed by atoms with Gasteiger partial charge < -0.3 is 10.2 Å². The summed E-state index contributed by atoms with van der Waals surface area (Å²) in [4.78, 5) is 28.1. The first-order valence-corrected chi connectivity index (χ1v) is 13.2. The van der Waals surface area contributed by atoms with E-state index in [4.69, 9.17) is 0 Å². The summed E-state index contributed by atoms with van der Waals surface area (Å²) in [6.45, 7) is 8.19. The highest BCUT2D eigenvalue weighted by Crippen LogP contribution is 2.18. The lowest BCUT2D eigenvalue weighted by molar-refractivity contribution is -0.141. The van der Waals surface area contributed by atoms with E-state index in [2.05, 4.69) is 5.32 Å². The molecular formula is C26H37N3O4S. The first-order chi connectivity index (χ1) is 16.1. The van der Waals surface area contributed by atoms with Gasteiger partial charge in [0, 0.05) is 32.6 Å². The Kier molecular flexibility index (Phi) is 10.3.